The normalized spacial score (nSPS) is 12.6. The van der Waals surface area contributed by atoms with Crippen molar-refractivity contribution in [3.8, 4) is 0 Å². The van der Waals surface area contributed by atoms with Gasteiger partial charge in [-0.2, -0.15) is 0 Å². The molecule has 0 heterocycles. The number of nitrogens with one attached hydrogen (secondary N) is 1. The Labute approximate surface area is 86.2 Å². The van der Waals surface area contributed by atoms with Crippen LogP contribution in [0.4, 0.5) is 4.79 Å². The highest BCUT2D eigenvalue weighted by molar-refractivity contribution is 5.66. The van der Waals surface area contributed by atoms with Crippen molar-refractivity contribution in [2.75, 3.05) is 13.2 Å². The van der Waals surface area contributed by atoms with E-state index in [0.717, 1.165) is 12.8 Å². The predicted octanol–water partition coefficient (Wildman–Crippen LogP) is 1.50. The molecule has 0 aliphatic carbocycles. The smallest absolute Gasteiger partial charge is 0.407 e. The first-order valence-electron chi connectivity index (χ1n) is 5.22. The first kappa shape index (κ1) is 13.2. The van der Waals surface area contributed by atoms with Gasteiger partial charge >= 0.3 is 6.09 Å². The van der Waals surface area contributed by atoms with Crippen LogP contribution >= 0.6 is 0 Å². The monoisotopic (exact) mass is 202 g/mol. The Morgan fingerprint density at radius 3 is 2.64 bits per heavy atom. The predicted molar refractivity (Wildman–Crippen MR) is 57.1 cm³/mol. The Morgan fingerprint density at radius 1 is 1.50 bits per heavy atom. The second-order valence-corrected chi connectivity index (χ2v) is 3.88. The van der Waals surface area contributed by atoms with Crippen molar-refractivity contribution >= 4 is 6.09 Å². The van der Waals surface area contributed by atoms with Crippen LogP contribution in [0.2, 0.25) is 0 Å². The molecule has 1 amide bonds. The Hall–Kier alpha value is -0.770. The van der Waals surface area contributed by atoms with Gasteiger partial charge in [-0.25, -0.2) is 4.79 Å². The average Bonchev–Trinajstić information content (AvgIpc) is 2.14. The van der Waals surface area contributed by atoms with Crippen molar-refractivity contribution in [1.82, 2.24) is 5.32 Å². The van der Waals surface area contributed by atoms with Gasteiger partial charge in [0.25, 0.3) is 0 Å². The minimum Gasteiger partial charge on any atom is -0.449 e. The van der Waals surface area contributed by atoms with Crippen LogP contribution < -0.4 is 11.1 Å². The van der Waals surface area contributed by atoms with Crippen LogP contribution in [-0.4, -0.2) is 25.3 Å². The summed E-state index contributed by atoms with van der Waals surface area (Å²) in [7, 11) is 0. The lowest BCUT2D eigenvalue weighted by Crippen LogP contribution is -2.31. The fourth-order valence-corrected chi connectivity index (χ4v) is 0.857. The second kappa shape index (κ2) is 7.62. The summed E-state index contributed by atoms with van der Waals surface area (Å²) in [5.41, 5.74) is 5.69. The van der Waals surface area contributed by atoms with E-state index in [-0.39, 0.29) is 12.1 Å². The van der Waals surface area contributed by atoms with Gasteiger partial charge in [0.1, 0.15) is 0 Å². The lowest BCUT2D eigenvalue weighted by atomic mass is 10.2. The van der Waals surface area contributed by atoms with E-state index in [1.165, 1.54) is 0 Å². The maximum absolute atomic E-state index is 11.0. The number of rotatable bonds is 6. The van der Waals surface area contributed by atoms with Crippen molar-refractivity contribution < 1.29 is 9.53 Å². The summed E-state index contributed by atoms with van der Waals surface area (Å²) in [5, 5.41) is 2.66. The SMILES string of the molecule is CCC(N)CCNC(=O)OCC(C)C. The van der Waals surface area contributed by atoms with E-state index in [0.29, 0.717) is 19.1 Å². The van der Waals surface area contributed by atoms with Crippen molar-refractivity contribution in [3.63, 3.8) is 0 Å². The first-order chi connectivity index (χ1) is 6.56. The summed E-state index contributed by atoms with van der Waals surface area (Å²) in [6.07, 6.45) is 1.39. The van der Waals surface area contributed by atoms with Crippen LogP contribution in [0.1, 0.15) is 33.6 Å². The molecule has 0 saturated heterocycles. The standard InChI is InChI=1S/C10H22N2O2/c1-4-9(11)5-6-12-10(13)14-7-8(2)3/h8-9H,4-7,11H2,1-3H3,(H,12,13). The van der Waals surface area contributed by atoms with Gasteiger partial charge in [0.2, 0.25) is 0 Å². The van der Waals surface area contributed by atoms with Gasteiger partial charge in [0.05, 0.1) is 6.61 Å². The summed E-state index contributed by atoms with van der Waals surface area (Å²) >= 11 is 0. The third kappa shape index (κ3) is 7.86. The van der Waals surface area contributed by atoms with Crippen molar-refractivity contribution in [2.45, 2.75) is 39.7 Å². The van der Waals surface area contributed by atoms with Crippen LogP contribution in [0.5, 0.6) is 0 Å². The summed E-state index contributed by atoms with van der Waals surface area (Å²) in [6.45, 7) is 7.08. The van der Waals surface area contributed by atoms with Crippen molar-refractivity contribution in [3.05, 3.63) is 0 Å². The third-order valence-corrected chi connectivity index (χ3v) is 1.86. The average molecular weight is 202 g/mol. The number of nitrogens with two attached hydrogens (primary N) is 1. The van der Waals surface area contributed by atoms with Crippen LogP contribution in [0, 0.1) is 5.92 Å². The first-order valence-corrected chi connectivity index (χ1v) is 5.22. The van der Waals surface area contributed by atoms with Crippen LogP contribution in [0.15, 0.2) is 0 Å². The van der Waals surface area contributed by atoms with Crippen molar-refractivity contribution in [1.29, 1.82) is 0 Å². The lowest BCUT2D eigenvalue weighted by molar-refractivity contribution is 0.133. The molecule has 1 unspecified atom stereocenters. The third-order valence-electron chi connectivity index (χ3n) is 1.86. The molecule has 0 aliphatic rings. The maximum atomic E-state index is 11.0. The molecule has 0 aliphatic heterocycles. The minimum atomic E-state index is -0.345. The molecular weight excluding hydrogens is 180 g/mol. The topological polar surface area (TPSA) is 64.3 Å². The Bertz CT molecular complexity index is 160. The van der Waals surface area contributed by atoms with E-state index in [2.05, 4.69) is 5.32 Å². The zero-order valence-electron chi connectivity index (χ0n) is 9.38. The number of amides is 1. The largest absolute Gasteiger partial charge is 0.449 e. The highest BCUT2D eigenvalue weighted by Gasteiger charge is 2.04. The van der Waals surface area contributed by atoms with E-state index in [9.17, 15) is 4.79 Å². The molecular formula is C10H22N2O2. The Morgan fingerprint density at radius 2 is 2.14 bits per heavy atom. The highest BCUT2D eigenvalue weighted by Crippen LogP contribution is 1.94. The van der Waals surface area contributed by atoms with E-state index >= 15 is 0 Å². The molecule has 3 N–H and O–H groups in total. The molecule has 0 saturated carbocycles. The molecule has 0 radical (unpaired) electrons. The van der Waals surface area contributed by atoms with Gasteiger partial charge < -0.3 is 15.8 Å². The van der Waals surface area contributed by atoms with Gasteiger partial charge in [0.15, 0.2) is 0 Å². The lowest BCUT2D eigenvalue weighted by Gasteiger charge is -2.10. The molecule has 1 atom stereocenters. The molecule has 0 bridgehead atoms. The number of alkyl carbamates (subject to hydrolysis) is 1. The van der Waals surface area contributed by atoms with Gasteiger partial charge in [-0.15, -0.1) is 0 Å². The van der Waals surface area contributed by atoms with E-state index in [1.807, 2.05) is 20.8 Å². The minimum absolute atomic E-state index is 0.167. The molecule has 0 fully saturated rings. The van der Waals surface area contributed by atoms with Crippen LogP contribution in [0.25, 0.3) is 0 Å². The summed E-state index contributed by atoms with van der Waals surface area (Å²) in [5.74, 6) is 0.374. The quantitative estimate of drug-likeness (QED) is 0.686. The van der Waals surface area contributed by atoms with Gasteiger partial charge in [-0.3, -0.25) is 0 Å². The molecule has 0 spiro atoms. The molecule has 4 heteroatoms. The second-order valence-electron chi connectivity index (χ2n) is 3.88. The number of carbonyl (C=O) groups is 1. The fourth-order valence-electron chi connectivity index (χ4n) is 0.857. The van der Waals surface area contributed by atoms with Crippen molar-refractivity contribution in [2.24, 2.45) is 11.7 Å². The molecule has 0 rings (SSSR count). The van der Waals surface area contributed by atoms with E-state index in [1.54, 1.807) is 0 Å². The fraction of sp³-hybridized carbons (Fsp3) is 0.900. The van der Waals surface area contributed by atoms with Gasteiger partial charge in [-0.1, -0.05) is 20.8 Å². The van der Waals surface area contributed by atoms with E-state index in [4.69, 9.17) is 10.5 Å². The van der Waals surface area contributed by atoms with Crippen LogP contribution in [-0.2, 0) is 4.74 Å². The zero-order chi connectivity index (χ0) is 11.0. The number of ether oxygens (including phenoxy) is 1. The molecule has 4 nitrogen and oxygen atoms in total. The summed E-state index contributed by atoms with van der Waals surface area (Å²) in [4.78, 5) is 11.0. The van der Waals surface area contributed by atoms with E-state index < -0.39 is 0 Å². The molecule has 14 heavy (non-hydrogen) atoms. The van der Waals surface area contributed by atoms with Gasteiger partial charge in [-0.05, 0) is 18.8 Å². The maximum Gasteiger partial charge on any atom is 0.407 e. The summed E-state index contributed by atoms with van der Waals surface area (Å²) < 4.78 is 4.93. The Balaban J connectivity index is 3.35. The number of hydrogen-bond donors (Lipinski definition) is 2. The molecule has 0 aromatic rings. The molecule has 84 valence electrons. The van der Waals surface area contributed by atoms with Crippen LogP contribution in [0.3, 0.4) is 0 Å². The molecule has 0 aromatic heterocycles. The zero-order valence-corrected chi connectivity index (χ0v) is 9.38. The number of carbonyl (C=O) groups excluding carboxylic acids is 1. The highest BCUT2D eigenvalue weighted by atomic mass is 16.5. The summed E-state index contributed by atoms with van der Waals surface area (Å²) in [6, 6.07) is 0.167. The number of hydrogen-bond acceptors (Lipinski definition) is 3. The van der Waals surface area contributed by atoms with Gasteiger partial charge in [0, 0.05) is 12.6 Å². The molecule has 0 aromatic carbocycles. The Kier molecular flexibility index (Phi) is 7.20.